The summed E-state index contributed by atoms with van der Waals surface area (Å²) in [6.07, 6.45) is -11.6. The van der Waals surface area contributed by atoms with Crippen LogP contribution in [-0.4, -0.2) is 36.9 Å². The van der Waals surface area contributed by atoms with Crippen LogP contribution < -0.4 is 0 Å². The number of carbonyl (C=O) groups is 1. The summed E-state index contributed by atoms with van der Waals surface area (Å²) in [6, 6.07) is 0. The second-order valence-corrected chi connectivity index (χ2v) is 3.28. The fourth-order valence-corrected chi connectivity index (χ4v) is 1.09. The summed E-state index contributed by atoms with van der Waals surface area (Å²) in [4.78, 5) is 10.3. The number of cyclic esters (lactones) is 2. The molecular weight excluding hydrogens is 265 g/mol. The molecule has 0 aromatic carbocycles. The van der Waals surface area contributed by atoms with Crippen molar-refractivity contribution in [3.05, 3.63) is 0 Å². The van der Waals surface area contributed by atoms with Gasteiger partial charge in [-0.05, 0) is 0 Å². The molecule has 1 heterocycles. The van der Waals surface area contributed by atoms with E-state index in [1.165, 1.54) is 0 Å². The van der Waals surface area contributed by atoms with Gasteiger partial charge in [-0.1, -0.05) is 0 Å². The first kappa shape index (κ1) is 13.8. The fourth-order valence-electron chi connectivity index (χ4n) is 1.09. The van der Waals surface area contributed by atoms with Gasteiger partial charge in [-0.15, -0.1) is 0 Å². The van der Waals surface area contributed by atoms with Crippen LogP contribution in [0, 0.1) is 0 Å². The Labute approximate surface area is 89.5 Å². The van der Waals surface area contributed by atoms with Crippen molar-refractivity contribution in [2.24, 2.45) is 0 Å². The summed E-state index contributed by atoms with van der Waals surface area (Å²) in [7, 11) is 0. The van der Waals surface area contributed by atoms with Crippen LogP contribution in [0.1, 0.15) is 6.42 Å². The van der Waals surface area contributed by atoms with Crippen LogP contribution in [-0.2, 0) is 9.47 Å². The molecule has 1 saturated heterocycles. The van der Waals surface area contributed by atoms with E-state index in [0.29, 0.717) is 0 Å². The van der Waals surface area contributed by atoms with Crippen molar-refractivity contribution in [3.63, 3.8) is 0 Å². The molecular formula is C7H5F7O3. The van der Waals surface area contributed by atoms with E-state index < -0.39 is 43.3 Å². The van der Waals surface area contributed by atoms with Crippen molar-refractivity contribution in [2.75, 3.05) is 6.61 Å². The normalized spacial score (nSPS) is 22.3. The lowest BCUT2D eigenvalue weighted by molar-refractivity contribution is -0.357. The van der Waals surface area contributed by atoms with Gasteiger partial charge in [0.05, 0.1) is 6.42 Å². The van der Waals surface area contributed by atoms with Crippen molar-refractivity contribution in [3.8, 4) is 0 Å². The Morgan fingerprint density at radius 3 is 2.00 bits per heavy atom. The summed E-state index contributed by atoms with van der Waals surface area (Å²) < 4.78 is 93.4. The van der Waals surface area contributed by atoms with E-state index in [2.05, 4.69) is 9.47 Å². The molecule has 0 amide bonds. The minimum atomic E-state index is -6.39. The lowest BCUT2D eigenvalue weighted by Crippen LogP contribution is -2.53. The first-order valence-electron chi connectivity index (χ1n) is 4.13. The Balaban J connectivity index is 2.77. The SMILES string of the molecule is O=C1OCC(CC(F)(F)C(F)(F)C(F)(F)F)O1. The quantitative estimate of drug-likeness (QED) is 0.584. The second kappa shape index (κ2) is 3.91. The van der Waals surface area contributed by atoms with Crippen LogP contribution in [0.25, 0.3) is 0 Å². The Kier molecular flexibility index (Phi) is 3.19. The summed E-state index contributed by atoms with van der Waals surface area (Å²) in [5, 5.41) is 0. The Bertz CT molecular complexity index is 311. The first-order valence-corrected chi connectivity index (χ1v) is 4.13. The Morgan fingerprint density at radius 1 is 1.12 bits per heavy atom. The topological polar surface area (TPSA) is 35.5 Å². The molecule has 17 heavy (non-hydrogen) atoms. The highest BCUT2D eigenvalue weighted by molar-refractivity contribution is 5.61. The van der Waals surface area contributed by atoms with Gasteiger partial charge in [-0.2, -0.15) is 30.7 Å². The van der Waals surface area contributed by atoms with Gasteiger partial charge in [0.15, 0.2) is 0 Å². The average Bonchev–Trinajstić information content (AvgIpc) is 2.47. The maximum absolute atomic E-state index is 12.8. The van der Waals surface area contributed by atoms with Gasteiger partial charge in [0.2, 0.25) is 0 Å². The van der Waals surface area contributed by atoms with Crippen LogP contribution in [0.2, 0.25) is 0 Å². The zero-order valence-corrected chi connectivity index (χ0v) is 7.86. The monoisotopic (exact) mass is 270 g/mol. The smallest absolute Gasteiger partial charge is 0.430 e. The third-order valence-electron chi connectivity index (χ3n) is 1.95. The first-order chi connectivity index (χ1) is 7.47. The predicted octanol–water partition coefficient (Wildman–Crippen LogP) is 2.74. The molecule has 0 radical (unpaired) electrons. The zero-order chi connectivity index (χ0) is 13.5. The van der Waals surface area contributed by atoms with Gasteiger partial charge in [0.25, 0.3) is 0 Å². The highest BCUT2D eigenvalue weighted by Gasteiger charge is 2.73. The number of hydrogen-bond acceptors (Lipinski definition) is 3. The highest BCUT2D eigenvalue weighted by atomic mass is 19.4. The van der Waals surface area contributed by atoms with E-state index in [1.54, 1.807) is 0 Å². The van der Waals surface area contributed by atoms with Gasteiger partial charge < -0.3 is 9.47 Å². The molecule has 1 aliphatic rings. The number of carbonyl (C=O) groups excluding carboxylic acids is 1. The maximum atomic E-state index is 12.8. The molecule has 0 aromatic rings. The van der Waals surface area contributed by atoms with Crippen molar-refractivity contribution >= 4 is 6.16 Å². The average molecular weight is 270 g/mol. The largest absolute Gasteiger partial charge is 0.508 e. The lowest BCUT2D eigenvalue weighted by Gasteiger charge is -2.28. The molecule has 1 fully saturated rings. The summed E-state index contributed by atoms with van der Waals surface area (Å²) in [5.74, 6) is -11.6. The maximum Gasteiger partial charge on any atom is 0.508 e. The van der Waals surface area contributed by atoms with Gasteiger partial charge in [-0.25, -0.2) is 4.79 Å². The van der Waals surface area contributed by atoms with Gasteiger partial charge in [-0.3, -0.25) is 0 Å². The molecule has 100 valence electrons. The van der Waals surface area contributed by atoms with Gasteiger partial charge in [0, 0.05) is 0 Å². The van der Waals surface area contributed by atoms with E-state index >= 15 is 0 Å². The standard InChI is InChI=1S/C7H5F7O3/c8-5(9,6(10,11)7(12,13)14)1-3-2-16-4(15)17-3/h3H,1-2H2. The Hall–Kier alpha value is -1.22. The van der Waals surface area contributed by atoms with Crippen molar-refractivity contribution in [2.45, 2.75) is 30.5 Å². The lowest BCUT2D eigenvalue weighted by atomic mass is 10.0. The summed E-state index contributed by atoms with van der Waals surface area (Å²) in [6.45, 7) is -0.789. The van der Waals surface area contributed by atoms with E-state index in [4.69, 9.17) is 0 Å². The van der Waals surface area contributed by atoms with E-state index in [0.717, 1.165) is 0 Å². The molecule has 0 N–H and O–H groups in total. The number of halogens is 7. The van der Waals surface area contributed by atoms with E-state index in [9.17, 15) is 35.5 Å². The number of ether oxygens (including phenoxy) is 2. The molecule has 0 saturated carbocycles. The molecule has 1 unspecified atom stereocenters. The van der Waals surface area contributed by atoms with Crippen LogP contribution in [0.3, 0.4) is 0 Å². The molecule has 1 atom stereocenters. The minimum absolute atomic E-state index is 0.789. The van der Waals surface area contributed by atoms with Crippen molar-refractivity contribution < 1.29 is 45.0 Å². The van der Waals surface area contributed by atoms with Crippen LogP contribution in [0.15, 0.2) is 0 Å². The van der Waals surface area contributed by atoms with Crippen molar-refractivity contribution in [1.29, 1.82) is 0 Å². The molecule has 0 bridgehead atoms. The molecule has 1 aliphatic heterocycles. The fraction of sp³-hybridized carbons (Fsp3) is 0.857. The second-order valence-electron chi connectivity index (χ2n) is 3.28. The highest BCUT2D eigenvalue weighted by Crippen LogP contribution is 2.48. The number of hydrogen-bond donors (Lipinski definition) is 0. The predicted molar refractivity (Wildman–Crippen MR) is 36.8 cm³/mol. The van der Waals surface area contributed by atoms with Crippen LogP contribution in [0.5, 0.6) is 0 Å². The molecule has 1 rings (SSSR count). The summed E-state index contributed by atoms with van der Waals surface area (Å²) in [5.41, 5.74) is 0. The van der Waals surface area contributed by atoms with E-state index in [1.807, 2.05) is 0 Å². The molecule has 0 spiro atoms. The minimum Gasteiger partial charge on any atom is -0.430 e. The van der Waals surface area contributed by atoms with Crippen LogP contribution in [0.4, 0.5) is 35.5 Å². The number of rotatable bonds is 3. The number of alkyl halides is 7. The third kappa shape index (κ3) is 2.55. The molecule has 3 nitrogen and oxygen atoms in total. The Morgan fingerprint density at radius 2 is 1.65 bits per heavy atom. The van der Waals surface area contributed by atoms with E-state index in [-0.39, 0.29) is 0 Å². The molecule has 0 aromatic heterocycles. The summed E-state index contributed by atoms with van der Waals surface area (Å²) >= 11 is 0. The van der Waals surface area contributed by atoms with Gasteiger partial charge >= 0.3 is 24.2 Å². The van der Waals surface area contributed by atoms with Crippen molar-refractivity contribution in [1.82, 2.24) is 0 Å². The zero-order valence-electron chi connectivity index (χ0n) is 7.86. The third-order valence-corrected chi connectivity index (χ3v) is 1.95. The van der Waals surface area contributed by atoms with Gasteiger partial charge in [0.1, 0.15) is 12.7 Å². The molecule has 10 heteroatoms. The molecule has 0 aliphatic carbocycles. The van der Waals surface area contributed by atoms with Crippen LogP contribution >= 0.6 is 0 Å².